The number of rotatable bonds is 4. The van der Waals surface area contributed by atoms with Gasteiger partial charge in [-0.3, -0.25) is 14.5 Å². The Morgan fingerprint density at radius 3 is 2.52 bits per heavy atom. The molecule has 0 atom stereocenters. The number of halogens is 4. The number of fused-ring (bicyclic) bond motifs is 2. The van der Waals surface area contributed by atoms with Crippen LogP contribution in [-0.4, -0.2) is 24.3 Å². The van der Waals surface area contributed by atoms with Gasteiger partial charge in [0, 0.05) is 45.9 Å². The Morgan fingerprint density at radius 2 is 1.75 bits per heavy atom. The number of alkyl halides is 3. The highest BCUT2D eigenvalue weighted by Gasteiger charge is 2.38. The van der Waals surface area contributed by atoms with Crippen molar-refractivity contribution < 1.29 is 13.2 Å². The van der Waals surface area contributed by atoms with Gasteiger partial charge in [0.1, 0.15) is 0 Å². The van der Waals surface area contributed by atoms with Crippen molar-refractivity contribution in [3.63, 3.8) is 0 Å². The van der Waals surface area contributed by atoms with Gasteiger partial charge in [-0.25, -0.2) is 9.36 Å². The zero-order valence-corrected chi connectivity index (χ0v) is 21.6. The summed E-state index contributed by atoms with van der Waals surface area (Å²) >= 11 is 6.54. The summed E-state index contributed by atoms with van der Waals surface area (Å²) in [7, 11) is 0. The Balaban J connectivity index is 1.56. The third kappa shape index (κ3) is 4.17. The highest BCUT2D eigenvalue weighted by atomic mass is 35.5. The van der Waals surface area contributed by atoms with Crippen LogP contribution >= 0.6 is 11.6 Å². The molecule has 6 aromatic rings. The maximum absolute atomic E-state index is 13.9. The molecule has 0 aliphatic heterocycles. The van der Waals surface area contributed by atoms with E-state index < -0.39 is 23.1 Å². The molecule has 0 spiro atoms. The fourth-order valence-electron chi connectivity index (χ4n) is 4.90. The van der Waals surface area contributed by atoms with E-state index in [1.54, 1.807) is 43.5 Å². The fourth-order valence-corrected chi connectivity index (χ4v) is 5.19. The number of pyridine rings is 1. The maximum atomic E-state index is 13.9. The van der Waals surface area contributed by atoms with Gasteiger partial charge in [-0.05, 0) is 36.2 Å². The maximum Gasteiger partial charge on any atom is 0.435 e. The van der Waals surface area contributed by atoms with Gasteiger partial charge in [0.2, 0.25) is 0 Å². The van der Waals surface area contributed by atoms with Crippen molar-refractivity contribution in [2.24, 2.45) is 0 Å². The number of aryl methyl sites for hydroxylation is 1. The van der Waals surface area contributed by atoms with Crippen molar-refractivity contribution in [2.45, 2.75) is 19.6 Å². The van der Waals surface area contributed by atoms with E-state index in [1.807, 2.05) is 12.1 Å². The van der Waals surface area contributed by atoms with E-state index in [4.69, 9.17) is 11.6 Å². The van der Waals surface area contributed by atoms with Gasteiger partial charge in [-0.2, -0.15) is 18.3 Å². The zero-order valence-electron chi connectivity index (χ0n) is 20.8. The molecule has 0 aliphatic carbocycles. The van der Waals surface area contributed by atoms with E-state index in [0.717, 1.165) is 9.95 Å². The van der Waals surface area contributed by atoms with Gasteiger partial charge < -0.3 is 4.98 Å². The first-order chi connectivity index (χ1) is 19.2. The summed E-state index contributed by atoms with van der Waals surface area (Å²) in [5.41, 5.74) is -0.906. The van der Waals surface area contributed by atoms with Crippen LogP contribution in [0.5, 0.6) is 0 Å². The van der Waals surface area contributed by atoms with Gasteiger partial charge in [0.05, 0.1) is 22.8 Å². The first-order valence-corrected chi connectivity index (χ1v) is 12.6. The molecule has 200 valence electrons. The Kier molecular flexibility index (Phi) is 6.07. The minimum Gasteiger partial charge on any atom is -0.306 e. The molecule has 6 rings (SSSR count). The first-order valence-electron chi connectivity index (χ1n) is 12.2. The Morgan fingerprint density at radius 1 is 0.950 bits per heavy atom. The zero-order chi connectivity index (χ0) is 28.2. The second-order valence-corrected chi connectivity index (χ2v) is 9.53. The van der Waals surface area contributed by atoms with E-state index in [9.17, 15) is 22.8 Å². The molecular formula is C29H19ClF3N5O2. The number of nitrogens with one attached hydrogen (secondary N) is 1. The van der Waals surface area contributed by atoms with Crippen LogP contribution in [0.1, 0.15) is 12.6 Å². The second-order valence-electron chi connectivity index (χ2n) is 9.12. The lowest BCUT2D eigenvalue weighted by Crippen LogP contribution is -2.33. The topological polar surface area (TPSA) is 85.6 Å². The number of nitrogens with zero attached hydrogens (tertiary/aromatic N) is 4. The molecule has 7 nitrogen and oxygen atoms in total. The molecule has 0 aliphatic rings. The monoisotopic (exact) mass is 561 g/mol. The molecule has 40 heavy (non-hydrogen) atoms. The van der Waals surface area contributed by atoms with E-state index in [0.29, 0.717) is 22.2 Å². The van der Waals surface area contributed by atoms with Crippen molar-refractivity contribution >= 4 is 33.3 Å². The fraction of sp³-hybridized carbons (Fsp3) is 0.103. The molecular weight excluding hydrogens is 543 g/mol. The lowest BCUT2D eigenvalue weighted by atomic mass is 9.94. The molecule has 1 N–H and O–H groups in total. The van der Waals surface area contributed by atoms with Crippen molar-refractivity contribution in [3.8, 4) is 27.9 Å². The molecule has 0 amide bonds. The van der Waals surface area contributed by atoms with Gasteiger partial charge in [0.15, 0.2) is 5.69 Å². The number of aromatic amines is 1. The number of aromatic nitrogens is 5. The van der Waals surface area contributed by atoms with Crippen LogP contribution in [0.25, 0.3) is 49.6 Å². The summed E-state index contributed by atoms with van der Waals surface area (Å²) in [6.45, 7) is 1.94. The van der Waals surface area contributed by atoms with Crippen molar-refractivity contribution in [1.82, 2.24) is 24.3 Å². The lowest BCUT2D eigenvalue weighted by Gasteiger charge is -2.14. The van der Waals surface area contributed by atoms with E-state index in [1.165, 1.54) is 35.3 Å². The average Bonchev–Trinajstić information content (AvgIpc) is 3.38. The van der Waals surface area contributed by atoms with Crippen molar-refractivity contribution in [3.05, 3.63) is 111 Å². The second kappa shape index (κ2) is 9.49. The molecule has 0 bridgehead atoms. The number of hydrogen-bond donors (Lipinski definition) is 1. The smallest absolute Gasteiger partial charge is 0.306 e. The normalized spacial score (nSPS) is 11.9. The molecule has 0 unspecified atom stereocenters. The Bertz CT molecular complexity index is 2060. The quantitative estimate of drug-likeness (QED) is 0.268. The van der Waals surface area contributed by atoms with Crippen LogP contribution < -0.4 is 11.2 Å². The molecule has 0 fully saturated rings. The summed E-state index contributed by atoms with van der Waals surface area (Å²) in [6.07, 6.45) is -0.270. The van der Waals surface area contributed by atoms with Crippen LogP contribution in [0.3, 0.4) is 0 Å². The molecule has 0 saturated carbocycles. The SMILES string of the molecule is CCn1cc(-c2cccc(Cl)c2-c2ccc3c(=O)n(-c4cncc5ccccc45)c(=O)[nH]c3c2)c(C(F)(F)F)n1. The van der Waals surface area contributed by atoms with Crippen LogP contribution in [0.4, 0.5) is 13.2 Å². The molecule has 0 radical (unpaired) electrons. The van der Waals surface area contributed by atoms with Crippen LogP contribution in [0.2, 0.25) is 5.02 Å². The van der Waals surface area contributed by atoms with Crippen LogP contribution in [0.15, 0.2) is 88.8 Å². The third-order valence-corrected chi connectivity index (χ3v) is 7.05. The molecule has 3 heterocycles. The van der Waals surface area contributed by atoms with Crippen molar-refractivity contribution in [1.29, 1.82) is 0 Å². The first kappa shape index (κ1) is 25.6. The average molecular weight is 562 g/mol. The largest absolute Gasteiger partial charge is 0.435 e. The van der Waals surface area contributed by atoms with Gasteiger partial charge >= 0.3 is 11.9 Å². The number of hydrogen-bond acceptors (Lipinski definition) is 4. The highest BCUT2D eigenvalue weighted by molar-refractivity contribution is 6.34. The van der Waals surface area contributed by atoms with E-state index in [2.05, 4.69) is 15.1 Å². The third-order valence-electron chi connectivity index (χ3n) is 6.73. The van der Waals surface area contributed by atoms with E-state index in [-0.39, 0.29) is 33.6 Å². The van der Waals surface area contributed by atoms with Crippen molar-refractivity contribution in [2.75, 3.05) is 0 Å². The summed E-state index contributed by atoms with van der Waals surface area (Å²) < 4.78 is 43.9. The van der Waals surface area contributed by atoms with Crippen LogP contribution in [0, 0.1) is 0 Å². The summed E-state index contributed by atoms with van der Waals surface area (Å²) in [5.74, 6) is 0. The van der Waals surface area contributed by atoms with E-state index >= 15 is 0 Å². The summed E-state index contributed by atoms with van der Waals surface area (Å²) in [4.78, 5) is 33.7. The lowest BCUT2D eigenvalue weighted by molar-refractivity contribution is -0.141. The molecule has 3 aromatic carbocycles. The van der Waals surface area contributed by atoms with Gasteiger partial charge in [0.25, 0.3) is 5.56 Å². The molecule has 3 aromatic heterocycles. The minimum absolute atomic E-state index is 0.126. The predicted octanol–water partition coefficient (Wildman–Crippen LogP) is 6.45. The number of H-pyrrole nitrogens is 1. The summed E-state index contributed by atoms with van der Waals surface area (Å²) in [6, 6.07) is 16.6. The van der Waals surface area contributed by atoms with Gasteiger partial charge in [-0.1, -0.05) is 54.1 Å². The predicted molar refractivity (Wildman–Crippen MR) is 148 cm³/mol. The minimum atomic E-state index is -4.69. The van der Waals surface area contributed by atoms with Crippen LogP contribution in [-0.2, 0) is 12.7 Å². The number of benzene rings is 3. The van der Waals surface area contributed by atoms with Gasteiger partial charge in [-0.15, -0.1) is 0 Å². The standard InChI is InChI=1S/C29H19ClF3N5O2/c1-2-37-15-21(26(36-37)29(31,32)33)19-8-5-9-22(30)25(19)16-10-11-20-23(12-16)35-28(40)38(27(20)39)24-14-34-13-17-6-3-4-7-18(17)24/h3-15H,2H2,1H3,(H,35,40). The Hall–Kier alpha value is -4.70. The molecule has 11 heteroatoms. The Labute approximate surface area is 229 Å². The summed E-state index contributed by atoms with van der Waals surface area (Å²) in [5, 5.41) is 5.57. The molecule has 0 saturated heterocycles. The highest BCUT2D eigenvalue weighted by Crippen LogP contribution is 2.43.